The number of carbonyl (C=O) groups excluding carboxylic acids is 1. The van der Waals surface area contributed by atoms with Gasteiger partial charge in [-0.25, -0.2) is 4.79 Å². The van der Waals surface area contributed by atoms with Crippen molar-refractivity contribution in [2.24, 2.45) is 0 Å². The van der Waals surface area contributed by atoms with Crippen LogP contribution in [0, 0.1) is 0 Å². The first-order valence-corrected chi connectivity index (χ1v) is 5.20. The summed E-state index contributed by atoms with van der Waals surface area (Å²) in [5.41, 5.74) is 0. The maximum Gasteiger partial charge on any atom is 0.330 e. The van der Waals surface area contributed by atoms with Crippen LogP contribution < -0.4 is 0 Å². The van der Waals surface area contributed by atoms with Crippen LogP contribution in [0.5, 0.6) is 0 Å². The molecule has 2 heteroatoms. The van der Waals surface area contributed by atoms with Crippen LogP contribution in [0.2, 0.25) is 0 Å². The van der Waals surface area contributed by atoms with E-state index in [9.17, 15) is 4.79 Å². The smallest absolute Gasteiger partial charge is 0.330 e. The number of ether oxygens (including phenoxy) is 1. The maximum absolute atomic E-state index is 10.7. The highest BCUT2D eigenvalue weighted by atomic mass is 16.5. The van der Waals surface area contributed by atoms with Gasteiger partial charge in [-0.15, -0.1) is 0 Å². The van der Waals surface area contributed by atoms with Crippen molar-refractivity contribution in [2.45, 2.75) is 39.0 Å². The van der Waals surface area contributed by atoms with Crippen molar-refractivity contribution in [3.8, 4) is 0 Å². The minimum Gasteiger partial charge on any atom is -0.466 e. The molecule has 0 atom stereocenters. The number of hydrogen-bond acceptors (Lipinski definition) is 2. The van der Waals surface area contributed by atoms with Gasteiger partial charge in [-0.3, -0.25) is 0 Å². The summed E-state index contributed by atoms with van der Waals surface area (Å²) >= 11 is 0. The zero-order valence-electron chi connectivity index (χ0n) is 9.16. The minimum atomic E-state index is -0.288. The summed E-state index contributed by atoms with van der Waals surface area (Å²) in [6.45, 7) is 2.20. The quantitative estimate of drug-likeness (QED) is 0.270. The van der Waals surface area contributed by atoms with Gasteiger partial charge < -0.3 is 4.74 Å². The molecule has 0 aliphatic heterocycles. The van der Waals surface area contributed by atoms with Gasteiger partial charge in [-0.05, 0) is 19.3 Å². The standard InChI is InChI=1S/C12H20O2/c1-3-4-5-6-7-8-9-10-11-12(13)14-2/h7-8,10-11H,3-6,9H2,1-2H3/b8-7+,11-10+. The number of unbranched alkanes of at least 4 members (excludes halogenated alkanes) is 3. The number of hydrogen-bond donors (Lipinski definition) is 0. The van der Waals surface area contributed by atoms with Crippen LogP contribution in [0.1, 0.15) is 39.0 Å². The summed E-state index contributed by atoms with van der Waals surface area (Å²) in [5.74, 6) is -0.288. The molecule has 2 nitrogen and oxygen atoms in total. The summed E-state index contributed by atoms with van der Waals surface area (Å²) in [6.07, 6.45) is 13.3. The zero-order chi connectivity index (χ0) is 10.6. The molecule has 0 radical (unpaired) electrons. The second-order valence-corrected chi connectivity index (χ2v) is 3.13. The van der Waals surface area contributed by atoms with E-state index in [1.54, 1.807) is 0 Å². The van der Waals surface area contributed by atoms with Crippen LogP contribution in [0.3, 0.4) is 0 Å². The van der Waals surface area contributed by atoms with Gasteiger partial charge in [-0.2, -0.15) is 0 Å². The van der Waals surface area contributed by atoms with Gasteiger partial charge in [0.25, 0.3) is 0 Å². The second kappa shape index (κ2) is 10.0. The van der Waals surface area contributed by atoms with E-state index >= 15 is 0 Å². The number of methoxy groups -OCH3 is 1. The monoisotopic (exact) mass is 196 g/mol. The summed E-state index contributed by atoms with van der Waals surface area (Å²) in [4.78, 5) is 10.7. The largest absolute Gasteiger partial charge is 0.466 e. The van der Waals surface area contributed by atoms with Gasteiger partial charge in [0.1, 0.15) is 0 Å². The lowest BCUT2D eigenvalue weighted by Crippen LogP contribution is -1.92. The molecule has 0 aromatic carbocycles. The van der Waals surface area contributed by atoms with Crippen LogP contribution in [0.4, 0.5) is 0 Å². The Kier molecular flexibility index (Phi) is 9.28. The average molecular weight is 196 g/mol. The Hall–Kier alpha value is -1.05. The highest BCUT2D eigenvalue weighted by Gasteiger charge is 1.87. The number of rotatable bonds is 7. The Bertz CT molecular complexity index is 192. The van der Waals surface area contributed by atoms with Crippen LogP contribution in [-0.4, -0.2) is 13.1 Å². The van der Waals surface area contributed by atoms with Crippen LogP contribution in [-0.2, 0) is 9.53 Å². The molecule has 0 heterocycles. The molecule has 0 aromatic heterocycles. The normalized spacial score (nSPS) is 11.3. The van der Waals surface area contributed by atoms with E-state index in [0.29, 0.717) is 0 Å². The Labute approximate surface area is 86.6 Å². The fourth-order valence-corrected chi connectivity index (χ4v) is 1.04. The Morgan fingerprint density at radius 1 is 1.21 bits per heavy atom. The van der Waals surface area contributed by atoms with Gasteiger partial charge in [0.2, 0.25) is 0 Å². The lowest BCUT2D eigenvalue weighted by atomic mass is 10.2. The van der Waals surface area contributed by atoms with Crippen molar-refractivity contribution in [1.29, 1.82) is 0 Å². The van der Waals surface area contributed by atoms with E-state index in [2.05, 4.69) is 23.8 Å². The third kappa shape index (κ3) is 9.04. The second-order valence-electron chi connectivity index (χ2n) is 3.13. The molecule has 0 spiro atoms. The van der Waals surface area contributed by atoms with E-state index < -0.39 is 0 Å². The van der Waals surface area contributed by atoms with Crippen molar-refractivity contribution in [3.05, 3.63) is 24.3 Å². The highest BCUT2D eigenvalue weighted by molar-refractivity contribution is 5.81. The molecule has 14 heavy (non-hydrogen) atoms. The van der Waals surface area contributed by atoms with Crippen LogP contribution in [0.15, 0.2) is 24.3 Å². The first-order valence-electron chi connectivity index (χ1n) is 5.20. The molecule has 0 amide bonds. The molecule has 0 N–H and O–H groups in total. The Balaban J connectivity index is 3.34. The maximum atomic E-state index is 10.7. The molecule has 0 aromatic rings. The Morgan fingerprint density at radius 2 is 2.00 bits per heavy atom. The van der Waals surface area contributed by atoms with Crippen molar-refractivity contribution in [3.63, 3.8) is 0 Å². The molecule has 0 saturated carbocycles. The van der Waals surface area contributed by atoms with E-state index in [0.717, 1.165) is 12.8 Å². The first-order chi connectivity index (χ1) is 6.81. The summed E-state index contributed by atoms with van der Waals surface area (Å²) in [7, 11) is 1.38. The van der Waals surface area contributed by atoms with E-state index in [1.807, 2.05) is 6.08 Å². The van der Waals surface area contributed by atoms with Gasteiger partial charge >= 0.3 is 5.97 Å². The van der Waals surface area contributed by atoms with E-state index in [1.165, 1.54) is 32.4 Å². The van der Waals surface area contributed by atoms with Gasteiger partial charge in [-0.1, -0.05) is 38.0 Å². The summed E-state index contributed by atoms with van der Waals surface area (Å²) in [5, 5.41) is 0. The average Bonchev–Trinajstić information content (AvgIpc) is 2.21. The molecule has 0 saturated heterocycles. The third-order valence-electron chi connectivity index (χ3n) is 1.87. The lowest BCUT2D eigenvalue weighted by Gasteiger charge is -1.91. The van der Waals surface area contributed by atoms with E-state index in [4.69, 9.17) is 0 Å². The molecule has 80 valence electrons. The SMILES string of the molecule is CCCCC/C=C/C/C=C/C(=O)OC. The molecule has 0 bridgehead atoms. The molecule has 0 fully saturated rings. The van der Waals surface area contributed by atoms with Crippen molar-refractivity contribution >= 4 is 5.97 Å². The van der Waals surface area contributed by atoms with Crippen LogP contribution in [0.25, 0.3) is 0 Å². The minimum absolute atomic E-state index is 0.288. The summed E-state index contributed by atoms with van der Waals surface area (Å²) < 4.78 is 4.46. The highest BCUT2D eigenvalue weighted by Crippen LogP contribution is 2.00. The molecule has 0 unspecified atom stereocenters. The predicted octanol–water partition coefficient (Wildman–Crippen LogP) is 3.24. The summed E-state index contributed by atoms with van der Waals surface area (Å²) in [6, 6.07) is 0. The Morgan fingerprint density at radius 3 is 2.64 bits per heavy atom. The molecular weight excluding hydrogens is 176 g/mol. The fraction of sp³-hybridized carbons (Fsp3) is 0.583. The predicted molar refractivity (Wildman–Crippen MR) is 59.1 cm³/mol. The van der Waals surface area contributed by atoms with Crippen molar-refractivity contribution in [2.75, 3.05) is 7.11 Å². The van der Waals surface area contributed by atoms with Crippen LogP contribution >= 0.6 is 0 Å². The number of allylic oxidation sites excluding steroid dienone is 3. The van der Waals surface area contributed by atoms with Gasteiger partial charge in [0.05, 0.1) is 7.11 Å². The molecule has 0 aliphatic rings. The van der Waals surface area contributed by atoms with Gasteiger partial charge in [0, 0.05) is 6.08 Å². The zero-order valence-corrected chi connectivity index (χ0v) is 9.16. The van der Waals surface area contributed by atoms with Gasteiger partial charge in [0.15, 0.2) is 0 Å². The van der Waals surface area contributed by atoms with Crippen molar-refractivity contribution < 1.29 is 9.53 Å². The van der Waals surface area contributed by atoms with E-state index in [-0.39, 0.29) is 5.97 Å². The first kappa shape index (κ1) is 12.9. The lowest BCUT2D eigenvalue weighted by molar-refractivity contribution is -0.134. The molecular formula is C12H20O2. The third-order valence-corrected chi connectivity index (χ3v) is 1.87. The topological polar surface area (TPSA) is 26.3 Å². The number of carbonyl (C=O) groups is 1. The number of esters is 1. The molecule has 0 aliphatic carbocycles. The fourth-order valence-electron chi connectivity index (χ4n) is 1.04. The molecule has 0 rings (SSSR count). The van der Waals surface area contributed by atoms with Crippen molar-refractivity contribution in [1.82, 2.24) is 0 Å².